The van der Waals surface area contributed by atoms with Gasteiger partial charge in [-0.25, -0.2) is 0 Å². The second-order valence-corrected chi connectivity index (χ2v) is 6.47. The minimum Gasteiger partial charge on any atom is -0.377 e. The van der Waals surface area contributed by atoms with Crippen LogP contribution in [0.4, 0.5) is 0 Å². The van der Waals surface area contributed by atoms with Crippen molar-refractivity contribution in [2.24, 2.45) is 0 Å². The number of likely N-dealkylation sites (tertiary alicyclic amines) is 1. The molecule has 0 aromatic carbocycles. The van der Waals surface area contributed by atoms with Gasteiger partial charge >= 0.3 is 0 Å². The molecule has 2 atom stereocenters. The van der Waals surface area contributed by atoms with Gasteiger partial charge < -0.3 is 9.64 Å². The Bertz CT molecular complexity index is 324. The summed E-state index contributed by atoms with van der Waals surface area (Å²) in [6.45, 7) is 12.5. The maximum absolute atomic E-state index is 9.53. The Morgan fingerprint density at radius 1 is 1.43 bits per heavy atom. The maximum Gasteiger partial charge on any atom is 0.106 e. The number of hydrogen-bond donors (Lipinski definition) is 1. The van der Waals surface area contributed by atoms with Crippen molar-refractivity contribution in [1.29, 1.82) is 5.26 Å². The van der Waals surface area contributed by atoms with Crippen molar-refractivity contribution in [2.45, 2.75) is 77.5 Å². The van der Waals surface area contributed by atoms with Gasteiger partial charge in [0.25, 0.3) is 0 Å². The third kappa shape index (κ3) is 6.34. The molecular weight excluding hydrogens is 262 g/mol. The van der Waals surface area contributed by atoms with E-state index in [0.717, 1.165) is 39.0 Å². The Morgan fingerprint density at radius 2 is 2.19 bits per heavy atom. The summed E-state index contributed by atoms with van der Waals surface area (Å²) >= 11 is 0. The predicted octanol–water partition coefficient (Wildman–Crippen LogP) is 2.94. The molecule has 0 spiro atoms. The third-order valence-corrected chi connectivity index (χ3v) is 4.33. The van der Waals surface area contributed by atoms with E-state index in [9.17, 15) is 5.26 Å². The van der Waals surface area contributed by atoms with Gasteiger partial charge in [-0.2, -0.15) is 5.26 Å². The largest absolute Gasteiger partial charge is 0.377 e. The topological polar surface area (TPSA) is 48.3 Å². The summed E-state index contributed by atoms with van der Waals surface area (Å²) in [7, 11) is 0. The van der Waals surface area contributed by atoms with Crippen LogP contribution in [0.3, 0.4) is 0 Å². The molecule has 0 aromatic heterocycles. The van der Waals surface area contributed by atoms with Crippen molar-refractivity contribution in [3.05, 3.63) is 0 Å². The van der Waals surface area contributed by atoms with Crippen LogP contribution in [0.5, 0.6) is 0 Å². The number of ether oxygens (including phenoxy) is 1. The normalized spacial score (nSPS) is 23.0. The van der Waals surface area contributed by atoms with Crippen LogP contribution in [0.1, 0.15) is 59.8 Å². The van der Waals surface area contributed by atoms with E-state index in [0.29, 0.717) is 12.1 Å². The van der Waals surface area contributed by atoms with E-state index in [1.165, 1.54) is 19.4 Å². The van der Waals surface area contributed by atoms with Gasteiger partial charge in [0.2, 0.25) is 0 Å². The van der Waals surface area contributed by atoms with Crippen molar-refractivity contribution >= 4 is 0 Å². The van der Waals surface area contributed by atoms with Crippen molar-refractivity contribution in [3.63, 3.8) is 0 Å². The molecule has 0 bridgehead atoms. The Balaban J connectivity index is 2.38. The second-order valence-electron chi connectivity index (χ2n) is 6.47. The van der Waals surface area contributed by atoms with Gasteiger partial charge in [-0.1, -0.05) is 6.92 Å². The number of hydrogen-bond acceptors (Lipinski definition) is 4. The summed E-state index contributed by atoms with van der Waals surface area (Å²) in [5.41, 5.74) is -0.358. The van der Waals surface area contributed by atoms with Crippen LogP contribution < -0.4 is 5.32 Å². The van der Waals surface area contributed by atoms with Crippen LogP contribution in [-0.4, -0.2) is 48.8 Å². The minimum absolute atomic E-state index is 0.349. The molecule has 21 heavy (non-hydrogen) atoms. The first kappa shape index (κ1) is 18.4. The van der Waals surface area contributed by atoms with Gasteiger partial charge in [-0.15, -0.1) is 0 Å². The van der Waals surface area contributed by atoms with Crippen LogP contribution in [0.2, 0.25) is 0 Å². The summed E-state index contributed by atoms with van der Waals surface area (Å²) in [5.74, 6) is 0. The number of nitrogens with one attached hydrogen (secondary N) is 1. The van der Waals surface area contributed by atoms with Crippen molar-refractivity contribution in [2.75, 3.05) is 26.2 Å². The lowest BCUT2D eigenvalue weighted by atomic mass is 9.91. The smallest absolute Gasteiger partial charge is 0.106 e. The lowest BCUT2D eigenvalue weighted by Gasteiger charge is -2.34. The lowest BCUT2D eigenvalue weighted by Crippen LogP contribution is -2.48. The van der Waals surface area contributed by atoms with Gasteiger partial charge in [-0.3, -0.25) is 5.32 Å². The predicted molar refractivity (Wildman–Crippen MR) is 87.2 cm³/mol. The van der Waals surface area contributed by atoms with Gasteiger partial charge in [0, 0.05) is 19.2 Å². The highest BCUT2D eigenvalue weighted by atomic mass is 16.5. The maximum atomic E-state index is 9.53. The van der Waals surface area contributed by atoms with Gasteiger partial charge in [-0.05, 0) is 66.0 Å². The van der Waals surface area contributed by atoms with Crippen LogP contribution in [-0.2, 0) is 4.74 Å². The number of nitrogens with zero attached hydrogens (tertiary/aromatic N) is 2. The third-order valence-electron chi connectivity index (χ3n) is 4.33. The van der Waals surface area contributed by atoms with Crippen LogP contribution >= 0.6 is 0 Å². The first-order valence-electron chi connectivity index (χ1n) is 8.58. The van der Waals surface area contributed by atoms with Crippen LogP contribution in [0, 0.1) is 11.3 Å². The zero-order chi connectivity index (χ0) is 15.7. The van der Waals surface area contributed by atoms with E-state index in [1.807, 2.05) is 0 Å². The zero-order valence-electron chi connectivity index (χ0n) is 14.3. The summed E-state index contributed by atoms with van der Waals surface area (Å²) in [6.07, 6.45) is 5.68. The number of nitriles is 1. The molecule has 0 radical (unpaired) electrons. The van der Waals surface area contributed by atoms with Gasteiger partial charge in [0.15, 0.2) is 0 Å². The lowest BCUT2D eigenvalue weighted by molar-refractivity contribution is 0.00525. The molecule has 1 rings (SSSR count). The molecule has 1 fully saturated rings. The highest BCUT2D eigenvalue weighted by molar-refractivity contribution is 5.06. The fraction of sp³-hybridized carbons (Fsp3) is 0.941. The van der Waals surface area contributed by atoms with Gasteiger partial charge in [0.05, 0.1) is 12.2 Å². The fourth-order valence-corrected chi connectivity index (χ4v) is 3.26. The van der Waals surface area contributed by atoms with Crippen LogP contribution in [0.15, 0.2) is 0 Å². The summed E-state index contributed by atoms with van der Waals surface area (Å²) in [6, 6.07) is 2.86. The molecule has 1 aliphatic heterocycles. The molecular formula is C17H33N3O. The molecule has 0 saturated carbocycles. The Labute approximate surface area is 130 Å². The molecule has 1 saturated heterocycles. The van der Waals surface area contributed by atoms with E-state index < -0.39 is 0 Å². The van der Waals surface area contributed by atoms with E-state index >= 15 is 0 Å². The first-order chi connectivity index (χ1) is 10.0. The molecule has 1 heterocycles. The molecule has 4 nitrogen and oxygen atoms in total. The zero-order valence-corrected chi connectivity index (χ0v) is 14.3. The van der Waals surface area contributed by atoms with Crippen molar-refractivity contribution in [1.82, 2.24) is 10.2 Å². The standard InChI is InChI=1S/C17H33N3O/c1-5-17(14-18,19-15(3)4)10-8-12-20-11-7-9-16(13-20)21-6-2/h15-16,19H,5-13H2,1-4H3. The Kier molecular flexibility index (Phi) is 8.24. The van der Waals surface area contributed by atoms with E-state index in [4.69, 9.17) is 4.74 Å². The first-order valence-corrected chi connectivity index (χ1v) is 8.58. The molecule has 0 aliphatic carbocycles. The molecule has 122 valence electrons. The highest BCUT2D eigenvalue weighted by Gasteiger charge is 2.28. The quantitative estimate of drug-likeness (QED) is 0.710. The van der Waals surface area contributed by atoms with Crippen LogP contribution in [0.25, 0.3) is 0 Å². The SMILES string of the molecule is CCOC1CCCN(CCCC(C#N)(CC)NC(C)C)C1. The van der Waals surface area contributed by atoms with Crippen molar-refractivity contribution < 1.29 is 4.74 Å². The molecule has 1 aliphatic rings. The molecule has 0 aromatic rings. The summed E-state index contributed by atoms with van der Waals surface area (Å²) in [4.78, 5) is 2.50. The minimum atomic E-state index is -0.358. The number of piperidine rings is 1. The fourth-order valence-electron chi connectivity index (χ4n) is 3.26. The molecule has 0 amide bonds. The summed E-state index contributed by atoms with van der Waals surface area (Å²) < 4.78 is 5.75. The Morgan fingerprint density at radius 3 is 2.76 bits per heavy atom. The highest BCUT2D eigenvalue weighted by Crippen LogP contribution is 2.19. The molecule has 4 heteroatoms. The average molecular weight is 295 g/mol. The summed E-state index contributed by atoms with van der Waals surface area (Å²) in [5, 5.41) is 13.0. The van der Waals surface area contributed by atoms with Crippen molar-refractivity contribution in [3.8, 4) is 6.07 Å². The monoisotopic (exact) mass is 295 g/mol. The van der Waals surface area contributed by atoms with E-state index in [1.54, 1.807) is 0 Å². The Hall–Kier alpha value is -0.630. The molecule has 1 N–H and O–H groups in total. The number of rotatable bonds is 9. The second kappa shape index (κ2) is 9.40. The van der Waals surface area contributed by atoms with Gasteiger partial charge in [0.1, 0.15) is 5.54 Å². The van der Waals surface area contributed by atoms with E-state index in [-0.39, 0.29) is 5.54 Å². The average Bonchev–Trinajstić information content (AvgIpc) is 2.46. The molecule has 2 unspecified atom stereocenters. The van der Waals surface area contributed by atoms with E-state index in [2.05, 4.69) is 44.0 Å².